The third-order valence-electron chi connectivity index (χ3n) is 6.54. The third kappa shape index (κ3) is 3.54. The number of aliphatic hydroxyl groups excluding tert-OH is 1. The fourth-order valence-electron chi connectivity index (χ4n) is 5.06. The van der Waals surface area contributed by atoms with E-state index >= 15 is 0 Å². The van der Waals surface area contributed by atoms with Crippen LogP contribution in [0.3, 0.4) is 0 Å². The summed E-state index contributed by atoms with van der Waals surface area (Å²) in [4.78, 5) is 29.6. The maximum atomic E-state index is 14.5. The molecule has 0 amide bonds. The van der Waals surface area contributed by atoms with E-state index in [9.17, 15) is 19.1 Å². The minimum atomic E-state index is -1.48. The number of hydrogen-bond donors (Lipinski definition) is 1. The molecule has 1 unspecified atom stereocenters. The van der Waals surface area contributed by atoms with E-state index in [-0.39, 0.29) is 23.5 Å². The number of hydrogen-bond acceptors (Lipinski definition) is 5. The highest BCUT2D eigenvalue weighted by molar-refractivity contribution is 5.92. The molecule has 2 aromatic heterocycles. The van der Waals surface area contributed by atoms with Crippen LogP contribution in [0.15, 0.2) is 16.9 Å². The van der Waals surface area contributed by atoms with Crippen LogP contribution in [0, 0.1) is 12.7 Å². The zero-order chi connectivity index (χ0) is 24.7. The minimum absolute atomic E-state index is 0.141. The molecule has 34 heavy (non-hydrogen) atoms. The molecule has 4 heterocycles. The number of nitrogens with zero attached hydrogens (tertiary/aromatic N) is 2. The van der Waals surface area contributed by atoms with E-state index in [0.717, 1.165) is 41.3 Å². The van der Waals surface area contributed by atoms with E-state index in [4.69, 9.17) is 9.72 Å². The molecule has 1 aromatic carbocycles. The largest absolute Gasteiger partial charge is 0.458 e. The number of ether oxygens (including phenoxy) is 1. The predicted octanol–water partition coefficient (Wildman–Crippen LogP) is 4.89. The summed E-state index contributed by atoms with van der Waals surface area (Å²) in [7, 11) is 0. The van der Waals surface area contributed by atoms with Crippen LogP contribution in [-0.2, 0) is 35.5 Å². The van der Waals surface area contributed by atoms with E-state index < -0.39 is 12.1 Å². The van der Waals surface area contributed by atoms with E-state index in [2.05, 4.69) is 13.8 Å². The van der Waals surface area contributed by atoms with Gasteiger partial charge in [-0.05, 0) is 48.9 Å². The summed E-state index contributed by atoms with van der Waals surface area (Å²) >= 11 is 0. The lowest BCUT2D eigenvalue weighted by atomic mass is 9.85. The van der Waals surface area contributed by atoms with Gasteiger partial charge in [-0.1, -0.05) is 34.1 Å². The molecule has 1 aliphatic carbocycles. The predicted molar refractivity (Wildman–Crippen MR) is 129 cm³/mol. The Morgan fingerprint density at radius 1 is 1.12 bits per heavy atom. The number of carbonyl (C=O) groups excluding carboxylic acids is 1. The van der Waals surface area contributed by atoms with Crippen LogP contribution < -0.4 is 5.56 Å². The standard InChI is InChI=1S/C22H17FN2O4.C3H8.C2H6/c1-9-10-3-2-4-11-13-7-25-17(19(13)24-16(18(10)11)6-15(9)23)5-12-14(21(25)27)8-29-22(28)20(12)26;1-3-2;1-2/h5-6,20,26H,2-4,7-8H2,1H3;3H2,1-2H3;1-2H3. The van der Waals surface area contributed by atoms with Crippen LogP contribution >= 0.6 is 0 Å². The second kappa shape index (κ2) is 9.29. The second-order valence-electron chi connectivity index (χ2n) is 8.70. The first-order valence-electron chi connectivity index (χ1n) is 12.1. The summed E-state index contributed by atoms with van der Waals surface area (Å²) in [5.74, 6) is -1.03. The number of benzene rings is 1. The third-order valence-corrected chi connectivity index (χ3v) is 6.54. The van der Waals surface area contributed by atoms with Gasteiger partial charge in [0.15, 0.2) is 6.10 Å². The minimum Gasteiger partial charge on any atom is -0.458 e. The smallest absolute Gasteiger partial charge is 0.340 e. The van der Waals surface area contributed by atoms with Gasteiger partial charge in [0.2, 0.25) is 0 Å². The second-order valence-corrected chi connectivity index (χ2v) is 8.70. The van der Waals surface area contributed by atoms with Crippen molar-refractivity contribution in [1.82, 2.24) is 9.55 Å². The molecule has 1 atom stereocenters. The Balaban J connectivity index is 0.000000510. The van der Waals surface area contributed by atoms with Crippen LogP contribution in [-0.4, -0.2) is 20.6 Å². The number of aromatic nitrogens is 2. The molecule has 0 saturated carbocycles. The van der Waals surface area contributed by atoms with E-state index in [1.165, 1.54) is 12.5 Å². The van der Waals surface area contributed by atoms with Crippen LogP contribution in [0.25, 0.3) is 22.3 Å². The van der Waals surface area contributed by atoms with Crippen molar-refractivity contribution in [3.05, 3.63) is 61.7 Å². The van der Waals surface area contributed by atoms with E-state index in [1.807, 2.05) is 13.8 Å². The molecule has 7 heteroatoms. The van der Waals surface area contributed by atoms with Gasteiger partial charge >= 0.3 is 5.97 Å². The highest BCUT2D eigenvalue weighted by Gasteiger charge is 2.35. The van der Waals surface area contributed by atoms with Gasteiger partial charge in [0, 0.05) is 22.6 Å². The number of rotatable bonds is 0. The number of esters is 1. The Labute approximate surface area is 198 Å². The van der Waals surface area contributed by atoms with Crippen molar-refractivity contribution in [2.75, 3.05) is 0 Å². The Bertz CT molecular complexity index is 1360. The molecule has 180 valence electrons. The van der Waals surface area contributed by atoms with Gasteiger partial charge in [-0.15, -0.1) is 0 Å². The molecule has 0 spiro atoms. The topological polar surface area (TPSA) is 81.4 Å². The molecule has 6 nitrogen and oxygen atoms in total. The average Bonchev–Trinajstić information content (AvgIpc) is 3.21. The normalized spacial score (nSPS) is 16.9. The van der Waals surface area contributed by atoms with Gasteiger partial charge in [-0.2, -0.15) is 0 Å². The Hall–Kier alpha value is -3.06. The molecule has 6 rings (SSSR count). The molecule has 0 fully saturated rings. The lowest BCUT2D eigenvalue weighted by Crippen LogP contribution is -2.32. The zero-order valence-corrected chi connectivity index (χ0v) is 20.4. The van der Waals surface area contributed by atoms with E-state index in [0.29, 0.717) is 34.6 Å². The van der Waals surface area contributed by atoms with Crippen molar-refractivity contribution >= 4 is 16.9 Å². The van der Waals surface area contributed by atoms with Gasteiger partial charge in [-0.3, -0.25) is 4.79 Å². The lowest BCUT2D eigenvalue weighted by Gasteiger charge is -2.22. The molecule has 3 aliphatic rings. The fraction of sp³-hybridized carbons (Fsp3) is 0.444. The average molecular weight is 467 g/mol. The number of pyridine rings is 2. The summed E-state index contributed by atoms with van der Waals surface area (Å²) in [5, 5.41) is 11.2. The fourth-order valence-corrected chi connectivity index (χ4v) is 5.06. The van der Waals surface area contributed by atoms with Gasteiger partial charge < -0.3 is 14.4 Å². The number of halogens is 1. The highest BCUT2D eigenvalue weighted by atomic mass is 19.1. The Morgan fingerprint density at radius 3 is 2.50 bits per heavy atom. The first-order chi connectivity index (χ1) is 16.4. The summed E-state index contributed by atoms with van der Waals surface area (Å²) in [6.45, 7) is 10.3. The van der Waals surface area contributed by atoms with Crippen LogP contribution in [0.4, 0.5) is 4.39 Å². The maximum absolute atomic E-state index is 14.5. The van der Waals surface area contributed by atoms with Crippen LogP contribution in [0.1, 0.15) is 80.0 Å². The summed E-state index contributed by atoms with van der Waals surface area (Å²) in [5.41, 5.74) is 5.86. The van der Waals surface area contributed by atoms with Crippen molar-refractivity contribution in [2.24, 2.45) is 0 Å². The number of aryl methyl sites for hydroxylation is 2. The van der Waals surface area contributed by atoms with Crippen molar-refractivity contribution < 1.29 is 19.0 Å². The molecular weight excluding hydrogens is 435 g/mol. The quantitative estimate of drug-likeness (QED) is 0.373. The number of fused-ring (bicyclic) bond motifs is 5. The first-order valence-corrected chi connectivity index (χ1v) is 12.1. The van der Waals surface area contributed by atoms with Crippen molar-refractivity contribution in [3.8, 4) is 11.4 Å². The number of aliphatic hydroxyl groups is 1. The lowest BCUT2D eigenvalue weighted by molar-refractivity contribution is -0.157. The van der Waals surface area contributed by atoms with Gasteiger partial charge in [0.25, 0.3) is 5.56 Å². The Morgan fingerprint density at radius 2 is 1.79 bits per heavy atom. The highest BCUT2D eigenvalue weighted by Crippen LogP contribution is 2.41. The number of cyclic esters (lactones) is 1. The van der Waals surface area contributed by atoms with E-state index in [1.54, 1.807) is 17.6 Å². The molecule has 0 bridgehead atoms. The van der Waals surface area contributed by atoms with Crippen LogP contribution in [0.2, 0.25) is 0 Å². The SMILES string of the molecule is CC.CCC.Cc1c(F)cc2nc3c(c4c2c1CCC4)Cn1c-3cc2c(c1=O)COC(=O)C2O. The number of carbonyl (C=O) groups is 1. The van der Waals surface area contributed by atoms with Crippen molar-refractivity contribution in [1.29, 1.82) is 0 Å². The molecule has 0 radical (unpaired) electrons. The Kier molecular flexibility index (Phi) is 6.58. The zero-order valence-electron chi connectivity index (χ0n) is 20.4. The monoisotopic (exact) mass is 466 g/mol. The van der Waals surface area contributed by atoms with Gasteiger partial charge in [0.1, 0.15) is 12.4 Å². The van der Waals surface area contributed by atoms with Crippen molar-refractivity contribution in [2.45, 2.75) is 79.6 Å². The van der Waals surface area contributed by atoms with Gasteiger partial charge in [0.05, 0.1) is 29.0 Å². The molecule has 2 aliphatic heterocycles. The molecular formula is C27H31FN2O4. The van der Waals surface area contributed by atoms with Crippen molar-refractivity contribution in [3.63, 3.8) is 0 Å². The molecule has 0 saturated heterocycles. The van der Waals surface area contributed by atoms with Crippen LogP contribution in [0.5, 0.6) is 0 Å². The molecule has 1 N–H and O–H groups in total. The summed E-state index contributed by atoms with van der Waals surface area (Å²) in [6.07, 6.45) is 2.37. The summed E-state index contributed by atoms with van der Waals surface area (Å²) < 4.78 is 21.1. The summed E-state index contributed by atoms with van der Waals surface area (Å²) in [6, 6.07) is 3.13. The first kappa shape index (κ1) is 24.1. The maximum Gasteiger partial charge on any atom is 0.340 e. The molecule has 3 aromatic rings. The van der Waals surface area contributed by atoms with Gasteiger partial charge in [-0.25, -0.2) is 14.2 Å².